The molecule has 7 nitrogen and oxygen atoms in total. The highest BCUT2D eigenvalue weighted by atomic mass is 32.2. The van der Waals surface area contributed by atoms with Crippen LogP contribution in [0.15, 0.2) is 45.8 Å². The molecule has 0 spiro atoms. The minimum absolute atomic E-state index is 0.0518. The molecule has 0 aliphatic carbocycles. The van der Waals surface area contributed by atoms with Gasteiger partial charge in [-0.15, -0.1) is 27.1 Å². The molecule has 4 rings (SSSR count). The van der Waals surface area contributed by atoms with Gasteiger partial charge in [0.2, 0.25) is 0 Å². The molecule has 10 heteroatoms. The number of amidine groups is 1. The van der Waals surface area contributed by atoms with Gasteiger partial charge in [-0.25, -0.2) is 13.4 Å². The van der Waals surface area contributed by atoms with Crippen LogP contribution in [0.3, 0.4) is 0 Å². The smallest absolute Gasteiger partial charge is 0.256 e. The number of carbonyl (C=O) groups excluding carboxylic acids is 1. The molecule has 2 aromatic heterocycles. The maximum atomic E-state index is 12.4. The van der Waals surface area contributed by atoms with Gasteiger partial charge in [0.25, 0.3) is 15.9 Å². The summed E-state index contributed by atoms with van der Waals surface area (Å²) in [6, 6.07) is 4.00. The topological polar surface area (TPSA) is 91.7 Å². The van der Waals surface area contributed by atoms with Crippen LogP contribution < -0.4 is 5.32 Å². The van der Waals surface area contributed by atoms with Crippen LogP contribution in [0.2, 0.25) is 0 Å². The van der Waals surface area contributed by atoms with Gasteiger partial charge in [-0.05, 0) is 31.2 Å². The Morgan fingerprint density at radius 2 is 2.19 bits per heavy atom. The molecule has 0 aromatic carbocycles. The first-order valence-electron chi connectivity index (χ1n) is 8.18. The number of rotatable bonds is 4. The molecular formula is C17H16N4O3S3. The number of hydrogen-bond donors (Lipinski definition) is 1. The van der Waals surface area contributed by atoms with E-state index in [1.54, 1.807) is 45.9 Å². The van der Waals surface area contributed by atoms with Crippen LogP contribution in [0.5, 0.6) is 0 Å². The first-order valence-corrected chi connectivity index (χ1v) is 11.5. The Kier molecular flexibility index (Phi) is 4.70. The molecule has 27 heavy (non-hydrogen) atoms. The zero-order valence-electron chi connectivity index (χ0n) is 14.4. The predicted octanol–water partition coefficient (Wildman–Crippen LogP) is 2.29. The summed E-state index contributed by atoms with van der Waals surface area (Å²) >= 11 is 3.21. The number of carbonyl (C=O) groups is 1. The van der Waals surface area contributed by atoms with E-state index in [0.29, 0.717) is 24.5 Å². The molecule has 0 saturated carbocycles. The van der Waals surface area contributed by atoms with Crippen molar-refractivity contribution < 1.29 is 13.2 Å². The Labute approximate surface area is 164 Å². The summed E-state index contributed by atoms with van der Waals surface area (Å²) in [6.45, 7) is 2.69. The second-order valence-corrected chi connectivity index (χ2v) is 10.0. The molecule has 2 aliphatic rings. The van der Waals surface area contributed by atoms with Crippen molar-refractivity contribution in [3.8, 4) is 10.6 Å². The Morgan fingerprint density at radius 1 is 1.33 bits per heavy atom. The van der Waals surface area contributed by atoms with E-state index in [4.69, 9.17) is 0 Å². The molecule has 0 unspecified atom stereocenters. The molecular weight excluding hydrogens is 404 g/mol. The van der Waals surface area contributed by atoms with E-state index in [9.17, 15) is 13.2 Å². The van der Waals surface area contributed by atoms with Gasteiger partial charge in [0, 0.05) is 23.0 Å². The summed E-state index contributed by atoms with van der Waals surface area (Å²) in [5.41, 5.74) is 1.44. The zero-order chi connectivity index (χ0) is 19.0. The van der Waals surface area contributed by atoms with Crippen molar-refractivity contribution in [1.29, 1.82) is 0 Å². The lowest BCUT2D eigenvalue weighted by Crippen LogP contribution is -2.38. The molecule has 0 atom stereocenters. The van der Waals surface area contributed by atoms with Gasteiger partial charge in [0.15, 0.2) is 0 Å². The molecule has 2 aliphatic heterocycles. The highest BCUT2D eigenvalue weighted by molar-refractivity contribution is 7.90. The van der Waals surface area contributed by atoms with E-state index in [1.807, 2.05) is 24.4 Å². The Hall–Kier alpha value is -2.30. The van der Waals surface area contributed by atoms with Crippen LogP contribution in [-0.4, -0.2) is 42.3 Å². The Bertz CT molecular complexity index is 1090. The van der Waals surface area contributed by atoms with E-state index in [1.165, 1.54) is 0 Å². The van der Waals surface area contributed by atoms with Gasteiger partial charge in [-0.3, -0.25) is 4.79 Å². The van der Waals surface area contributed by atoms with Crippen molar-refractivity contribution in [2.24, 2.45) is 4.40 Å². The average Bonchev–Trinajstić information content (AvgIpc) is 3.27. The average molecular weight is 421 g/mol. The minimum Gasteiger partial charge on any atom is -0.347 e. The lowest BCUT2D eigenvalue weighted by molar-refractivity contribution is -0.117. The highest BCUT2D eigenvalue weighted by Crippen LogP contribution is 2.29. The van der Waals surface area contributed by atoms with E-state index < -0.39 is 10.0 Å². The quantitative estimate of drug-likeness (QED) is 0.819. The standard InChI is InChI=1S/C17H16N4O3S3/c1-11-19-14(10-25-11)15-4-3-13(26-15)8-18-17(22)12-2-5-16-20-27(23,24)7-6-21(16)9-12/h2-5,9-10H,6-8H2,1H3,(H,18,22). The summed E-state index contributed by atoms with van der Waals surface area (Å²) in [5.74, 6) is 0.0847. The Balaban J connectivity index is 1.40. The van der Waals surface area contributed by atoms with E-state index in [2.05, 4.69) is 14.7 Å². The van der Waals surface area contributed by atoms with Gasteiger partial charge >= 0.3 is 0 Å². The second kappa shape index (κ2) is 7.02. The lowest BCUT2D eigenvalue weighted by Gasteiger charge is -2.26. The first kappa shape index (κ1) is 18.1. The summed E-state index contributed by atoms with van der Waals surface area (Å²) in [6.07, 6.45) is 4.78. The van der Waals surface area contributed by atoms with Crippen LogP contribution >= 0.6 is 22.7 Å². The van der Waals surface area contributed by atoms with E-state index in [0.717, 1.165) is 20.5 Å². The number of thiophene rings is 1. The largest absolute Gasteiger partial charge is 0.347 e. The van der Waals surface area contributed by atoms with Gasteiger partial charge in [-0.2, -0.15) is 0 Å². The predicted molar refractivity (Wildman–Crippen MR) is 107 cm³/mol. The minimum atomic E-state index is -3.39. The van der Waals surface area contributed by atoms with Crippen molar-refractivity contribution >= 4 is 44.4 Å². The van der Waals surface area contributed by atoms with Crippen molar-refractivity contribution in [1.82, 2.24) is 15.2 Å². The number of sulfonamides is 1. The third-order valence-corrected chi connectivity index (χ3v) is 7.09. The van der Waals surface area contributed by atoms with Crippen LogP contribution in [0.1, 0.15) is 9.88 Å². The van der Waals surface area contributed by atoms with Gasteiger partial charge in [0.1, 0.15) is 5.84 Å². The monoisotopic (exact) mass is 420 g/mol. The van der Waals surface area contributed by atoms with Crippen LogP contribution in [0.25, 0.3) is 10.6 Å². The highest BCUT2D eigenvalue weighted by Gasteiger charge is 2.24. The molecule has 2 aromatic rings. The third-order valence-electron chi connectivity index (χ3n) is 4.04. The van der Waals surface area contributed by atoms with Gasteiger partial charge in [-0.1, -0.05) is 0 Å². The second-order valence-electron chi connectivity index (χ2n) is 6.05. The zero-order valence-corrected chi connectivity index (χ0v) is 16.8. The van der Waals surface area contributed by atoms with Crippen LogP contribution in [-0.2, 0) is 21.4 Å². The van der Waals surface area contributed by atoms with Crippen LogP contribution in [0.4, 0.5) is 0 Å². The van der Waals surface area contributed by atoms with E-state index in [-0.39, 0.29) is 11.7 Å². The van der Waals surface area contributed by atoms with E-state index >= 15 is 0 Å². The summed E-state index contributed by atoms with van der Waals surface area (Å²) < 4.78 is 26.8. The molecule has 0 fully saturated rings. The number of aromatic nitrogens is 1. The number of fused-ring (bicyclic) bond motifs is 1. The maximum Gasteiger partial charge on any atom is 0.256 e. The SMILES string of the molecule is Cc1nc(-c2ccc(CNC(=O)C3=CN4CCS(=O)(=O)N=C4C=C3)s2)cs1. The van der Waals surface area contributed by atoms with Crippen LogP contribution in [0, 0.1) is 6.92 Å². The number of amides is 1. The normalized spacial score (nSPS) is 17.9. The number of aryl methyl sites for hydroxylation is 1. The van der Waals surface area contributed by atoms with Crippen molar-refractivity contribution in [2.75, 3.05) is 12.3 Å². The number of nitrogens with zero attached hydrogens (tertiary/aromatic N) is 3. The molecule has 0 bridgehead atoms. The number of thiazole rings is 1. The summed E-state index contributed by atoms with van der Waals surface area (Å²) in [5, 5.41) is 5.95. The van der Waals surface area contributed by atoms with Gasteiger partial charge < -0.3 is 10.2 Å². The molecule has 1 N–H and O–H groups in total. The van der Waals surface area contributed by atoms with Gasteiger partial charge in [0.05, 0.1) is 33.4 Å². The third kappa shape index (κ3) is 4.02. The first-order chi connectivity index (χ1) is 12.9. The van der Waals surface area contributed by atoms with Crippen molar-refractivity contribution in [2.45, 2.75) is 13.5 Å². The summed E-state index contributed by atoms with van der Waals surface area (Å²) in [7, 11) is -3.39. The molecule has 4 heterocycles. The lowest BCUT2D eigenvalue weighted by atomic mass is 10.2. The number of hydrogen-bond acceptors (Lipinski definition) is 7. The maximum absolute atomic E-state index is 12.4. The summed E-state index contributed by atoms with van der Waals surface area (Å²) in [4.78, 5) is 20.7. The van der Waals surface area contributed by atoms with Crippen molar-refractivity contribution in [3.63, 3.8) is 0 Å². The fraction of sp³-hybridized carbons (Fsp3) is 0.235. The number of nitrogens with one attached hydrogen (secondary N) is 1. The molecule has 1 amide bonds. The molecule has 140 valence electrons. The van der Waals surface area contributed by atoms with Crippen molar-refractivity contribution in [3.05, 3.63) is 51.3 Å². The fourth-order valence-electron chi connectivity index (χ4n) is 2.69. The Morgan fingerprint density at radius 3 is 2.96 bits per heavy atom. The molecule has 0 saturated heterocycles. The fourth-order valence-corrected chi connectivity index (χ4v) is 5.26. The molecule has 0 radical (unpaired) electrons.